The fourth-order valence-corrected chi connectivity index (χ4v) is 3.18. The molecule has 2 unspecified atom stereocenters. The molecular formula is C19H20N2O3. The lowest BCUT2D eigenvalue weighted by Gasteiger charge is -2.33. The van der Waals surface area contributed by atoms with Crippen LogP contribution >= 0.6 is 0 Å². The molecule has 0 fully saturated rings. The van der Waals surface area contributed by atoms with Crippen molar-refractivity contribution in [2.45, 2.75) is 31.8 Å². The maximum absolute atomic E-state index is 12.5. The van der Waals surface area contributed by atoms with Crippen LogP contribution in [0, 0.1) is 0 Å². The van der Waals surface area contributed by atoms with Crippen molar-refractivity contribution in [2.75, 3.05) is 7.11 Å². The highest BCUT2D eigenvalue weighted by Gasteiger charge is 2.40. The Morgan fingerprint density at radius 3 is 2.58 bits per heavy atom. The van der Waals surface area contributed by atoms with Crippen LogP contribution in [0.3, 0.4) is 0 Å². The third-order valence-electron chi connectivity index (χ3n) is 4.45. The Hall–Kier alpha value is -2.69. The lowest BCUT2D eigenvalue weighted by molar-refractivity contribution is -0.144. The van der Waals surface area contributed by atoms with E-state index in [-0.39, 0.29) is 11.8 Å². The number of methoxy groups -OCH3 is 1. The van der Waals surface area contributed by atoms with Crippen LogP contribution in [0.15, 0.2) is 47.5 Å². The number of rotatable bonds is 4. The molecule has 2 aromatic rings. The first-order chi connectivity index (χ1) is 11.5. The van der Waals surface area contributed by atoms with E-state index in [1.165, 1.54) is 7.11 Å². The van der Waals surface area contributed by atoms with Crippen LogP contribution in [-0.2, 0) is 14.3 Å². The maximum atomic E-state index is 12.5. The van der Waals surface area contributed by atoms with Crippen molar-refractivity contribution >= 4 is 28.4 Å². The predicted molar refractivity (Wildman–Crippen MR) is 93.2 cm³/mol. The van der Waals surface area contributed by atoms with Gasteiger partial charge < -0.3 is 10.1 Å². The summed E-state index contributed by atoms with van der Waals surface area (Å²) in [7, 11) is 1.30. The Kier molecular flexibility index (Phi) is 4.34. The van der Waals surface area contributed by atoms with Crippen LogP contribution < -0.4 is 5.32 Å². The number of ether oxygens (including phenoxy) is 1. The van der Waals surface area contributed by atoms with Gasteiger partial charge in [-0.15, -0.1) is 0 Å². The van der Waals surface area contributed by atoms with Gasteiger partial charge in [0.05, 0.1) is 13.0 Å². The highest BCUT2D eigenvalue weighted by atomic mass is 16.5. The molecule has 124 valence electrons. The van der Waals surface area contributed by atoms with Gasteiger partial charge in [-0.25, -0.2) is 4.79 Å². The van der Waals surface area contributed by atoms with Crippen molar-refractivity contribution < 1.29 is 14.3 Å². The molecule has 3 atom stereocenters. The summed E-state index contributed by atoms with van der Waals surface area (Å²) in [4.78, 5) is 28.4. The normalized spacial score (nSPS) is 20.7. The van der Waals surface area contributed by atoms with Crippen molar-refractivity contribution in [1.82, 2.24) is 5.32 Å². The van der Waals surface area contributed by atoms with Crippen LogP contribution in [0.4, 0.5) is 0 Å². The van der Waals surface area contributed by atoms with Gasteiger partial charge in [-0.05, 0) is 30.2 Å². The van der Waals surface area contributed by atoms with Crippen LogP contribution in [-0.4, -0.2) is 36.8 Å². The minimum absolute atomic E-state index is 0.0686. The number of nitrogens with one attached hydrogen (secondary N) is 1. The summed E-state index contributed by atoms with van der Waals surface area (Å²) in [6.07, 6.45) is 0. The second kappa shape index (κ2) is 6.43. The maximum Gasteiger partial charge on any atom is 0.328 e. The van der Waals surface area contributed by atoms with Crippen LogP contribution in [0.2, 0.25) is 0 Å². The molecule has 1 N–H and O–H groups in total. The van der Waals surface area contributed by atoms with Crippen LogP contribution in [0.25, 0.3) is 10.8 Å². The second-order valence-electron chi connectivity index (χ2n) is 6.01. The number of hydrogen-bond donors (Lipinski definition) is 1. The largest absolute Gasteiger partial charge is 0.467 e. The zero-order valence-corrected chi connectivity index (χ0v) is 13.9. The minimum atomic E-state index is -0.688. The molecule has 0 saturated heterocycles. The van der Waals surface area contributed by atoms with E-state index in [2.05, 4.69) is 33.2 Å². The van der Waals surface area contributed by atoms with E-state index in [9.17, 15) is 9.59 Å². The third kappa shape index (κ3) is 2.77. The molecule has 3 rings (SSSR count). The van der Waals surface area contributed by atoms with Gasteiger partial charge in [0.1, 0.15) is 12.1 Å². The first-order valence-electron chi connectivity index (χ1n) is 7.93. The lowest BCUT2D eigenvalue weighted by Crippen LogP contribution is -2.50. The Morgan fingerprint density at radius 2 is 1.88 bits per heavy atom. The van der Waals surface area contributed by atoms with Gasteiger partial charge in [-0.2, -0.15) is 0 Å². The minimum Gasteiger partial charge on any atom is -0.467 e. The van der Waals surface area contributed by atoms with E-state index in [4.69, 9.17) is 0 Å². The highest BCUT2D eigenvalue weighted by Crippen LogP contribution is 2.36. The summed E-state index contributed by atoms with van der Waals surface area (Å²) in [6.45, 7) is 3.53. The van der Waals surface area contributed by atoms with E-state index in [0.717, 1.165) is 22.0 Å². The quantitative estimate of drug-likeness (QED) is 0.878. The van der Waals surface area contributed by atoms with E-state index in [1.807, 2.05) is 31.2 Å². The third-order valence-corrected chi connectivity index (χ3v) is 4.45. The molecular weight excluding hydrogens is 304 g/mol. The first kappa shape index (κ1) is 16.2. The van der Waals surface area contributed by atoms with Crippen molar-refractivity contribution in [2.24, 2.45) is 4.99 Å². The Bertz CT molecular complexity index is 823. The number of amides is 1. The van der Waals surface area contributed by atoms with Gasteiger partial charge in [-0.1, -0.05) is 42.5 Å². The number of esters is 1. The van der Waals surface area contributed by atoms with Crippen molar-refractivity contribution in [1.29, 1.82) is 0 Å². The smallest absolute Gasteiger partial charge is 0.328 e. The standard InChI is InChI=1S/C19H20N2O3/c1-11-16(15-10-6-8-13-7-4-5-9-14(13)15)17(20-11)18(22)21-12(2)19(23)24-3/h4-10,12,16-17H,1-3H3,(H,21,22)/t12-,16?,17?/m0/s1. The van der Waals surface area contributed by atoms with Gasteiger partial charge in [0.25, 0.3) is 0 Å². The molecule has 24 heavy (non-hydrogen) atoms. The van der Waals surface area contributed by atoms with E-state index < -0.39 is 18.1 Å². The topological polar surface area (TPSA) is 67.8 Å². The van der Waals surface area contributed by atoms with E-state index in [1.54, 1.807) is 6.92 Å². The van der Waals surface area contributed by atoms with Crippen molar-refractivity contribution in [3.63, 3.8) is 0 Å². The molecule has 0 saturated carbocycles. The highest BCUT2D eigenvalue weighted by molar-refractivity contribution is 6.06. The van der Waals surface area contributed by atoms with Gasteiger partial charge >= 0.3 is 5.97 Å². The fraction of sp³-hybridized carbons (Fsp3) is 0.316. The molecule has 1 heterocycles. The Balaban J connectivity index is 1.87. The Morgan fingerprint density at radius 1 is 1.17 bits per heavy atom. The number of carbonyl (C=O) groups excluding carboxylic acids is 2. The molecule has 0 bridgehead atoms. The zero-order chi connectivity index (χ0) is 17.3. The number of carbonyl (C=O) groups is 2. The van der Waals surface area contributed by atoms with E-state index in [0.29, 0.717) is 0 Å². The van der Waals surface area contributed by atoms with Gasteiger partial charge in [0, 0.05) is 5.71 Å². The average molecular weight is 324 g/mol. The summed E-state index contributed by atoms with van der Waals surface area (Å²) in [5, 5.41) is 4.94. The number of fused-ring (bicyclic) bond motifs is 1. The van der Waals surface area contributed by atoms with Crippen LogP contribution in [0.1, 0.15) is 25.3 Å². The molecule has 1 amide bonds. The average Bonchev–Trinajstić information content (AvgIpc) is 2.58. The molecule has 1 aliphatic heterocycles. The van der Waals surface area contributed by atoms with Crippen molar-refractivity contribution in [3.8, 4) is 0 Å². The summed E-state index contributed by atoms with van der Waals surface area (Å²) >= 11 is 0. The molecule has 1 aliphatic rings. The summed E-state index contributed by atoms with van der Waals surface area (Å²) in [6, 6.07) is 13.0. The zero-order valence-electron chi connectivity index (χ0n) is 13.9. The molecule has 0 spiro atoms. The van der Waals surface area contributed by atoms with Crippen molar-refractivity contribution in [3.05, 3.63) is 48.0 Å². The Labute approximate surface area is 140 Å². The number of aliphatic imine (C=N–C) groups is 1. The predicted octanol–water partition coefficient (Wildman–Crippen LogP) is 2.44. The number of nitrogens with zero attached hydrogens (tertiary/aromatic N) is 1. The summed E-state index contributed by atoms with van der Waals surface area (Å²) in [5.41, 5.74) is 2.02. The summed E-state index contributed by atoms with van der Waals surface area (Å²) < 4.78 is 4.65. The molecule has 5 heteroatoms. The van der Waals surface area contributed by atoms with Gasteiger partial charge in [-0.3, -0.25) is 9.79 Å². The SMILES string of the molecule is COC(=O)[C@H](C)NC(=O)C1N=C(C)C1c1cccc2ccccc12. The lowest BCUT2D eigenvalue weighted by atomic mass is 9.80. The van der Waals surface area contributed by atoms with Gasteiger partial charge in [0.15, 0.2) is 0 Å². The monoisotopic (exact) mass is 324 g/mol. The number of hydrogen-bond acceptors (Lipinski definition) is 4. The molecule has 2 aromatic carbocycles. The van der Waals surface area contributed by atoms with Crippen LogP contribution in [0.5, 0.6) is 0 Å². The molecule has 0 aromatic heterocycles. The molecule has 5 nitrogen and oxygen atoms in total. The second-order valence-corrected chi connectivity index (χ2v) is 6.01. The van der Waals surface area contributed by atoms with E-state index >= 15 is 0 Å². The molecule has 0 aliphatic carbocycles. The number of benzene rings is 2. The first-order valence-corrected chi connectivity index (χ1v) is 7.93. The van der Waals surface area contributed by atoms with Gasteiger partial charge in [0.2, 0.25) is 5.91 Å². The summed E-state index contributed by atoms with van der Waals surface area (Å²) in [5.74, 6) is -0.789. The molecule has 0 radical (unpaired) electrons. The fourth-order valence-electron chi connectivity index (χ4n) is 3.18.